The fraction of sp³-hybridized carbons (Fsp3) is 0.667. The Kier molecular flexibility index (Phi) is 4.49. The van der Waals surface area contributed by atoms with E-state index in [1.807, 2.05) is 20.8 Å². The lowest BCUT2D eigenvalue weighted by atomic mass is 9.84. The number of phenolic OH excluding ortho intramolecular Hbond substituents is 1. The number of aromatic hydroxyl groups is 1. The number of nitrogens with zero attached hydrogens (tertiary/aromatic N) is 1. The van der Waals surface area contributed by atoms with E-state index in [0.717, 1.165) is 5.56 Å². The molecular formula is C18H26FNO4. The van der Waals surface area contributed by atoms with Crippen LogP contribution in [-0.2, 0) is 11.2 Å². The van der Waals surface area contributed by atoms with Gasteiger partial charge < -0.3 is 19.7 Å². The van der Waals surface area contributed by atoms with Crippen LogP contribution in [0.4, 0.5) is 4.39 Å². The molecule has 3 rings (SSSR count). The first kappa shape index (κ1) is 17.5. The fourth-order valence-corrected chi connectivity index (χ4v) is 3.79. The van der Waals surface area contributed by atoms with Crippen molar-refractivity contribution in [3.63, 3.8) is 0 Å². The molecule has 0 aliphatic carbocycles. The summed E-state index contributed by atoms with van der Waals surface area (Å²) in [4.78, 5) is 2.22. The molecule has 2 heterocycles. The first-order chi connectivity index (χ1) is 11.2. The van der Waals surface area contributed by atoms with Crippen LogP contribution in [0.25, 0.3) is 0 Å². The van der Waals surface area contributed by atoms with Crippen molar-refractivity contribution in [3.05, 3.63) is 23.0 Å². The number of piperidine rings is 1. The van der Waals surface area contributed by atoms with Gasteiger partial charge in [0.1, 0.15) is 0 Å². The number of hydrogen-bond donors (Lipinski definition) is 2. The zero-order valence-corrected chi connectivity index (χ0v) is 14.7. The lowest BCUT2D eigenvalue weighted by molar-refractivity contribution is -0.149. The van der Waals surface area contributed by atoms with Crippen molar-refractivity contribution < 1.29 is 24.1 Å². The number of fused-ring (bicyclic) bond motifs is 3. The number of ether oxygens (including phenoxy) is 2. The molecule has 5 nitrogen and oxygen atoms in total. The Morgan fingerprint density at radius 2 is 2.04 bits per heavy atom. The minimum atomic E-state index is -0.612. The number of halogens is 1. The Bertz CT molecular complexity index is 628. The average Bonchev–Trinajstić information content (AvgIpc) is 2.50. The number of phenols is 1. The van der Waals surface area contributed by atoms with E-state index in [1.165, 1.54) is 7.11 Å². The first-order valence-electron chi connectivity index (χ1n) is 8.39. The molecule has 0 unspecified atom stereocenters. The third-order valence-electron chi connectivity index (χ3n) is 4.82. The molecule has 0 spiro atoms. The average molecular weight is 339 g/mol. The van der Waals surface area contributed by atoms with E-state index in [9.17, 15) is 14.6 Å². The van der Waals surface area contributed by atoms with Crippen LogP contribution < -0.4 is 4.74 Å². The van der Waals surface area contributed by atoms with Crippen LogP contribution in [0.5, 0.6) is 11.5 Å². The van der Waals surface area contributed by atoms with Gasteiger partial charge in [-0.2, -0.15) is 0 Å². The zero-order valence-electron chi connectivity index (χ0n) is 14.7. The second-order valence-corrected chi connectivity index (χ2v) is 7.64. The van der Waals surface area contributed by atoms with Crippen LogP contribution in [0.1, 0.15) is 44.4 Å². The lowest BCUT2D eigenvalue weighted by Gasteiger charge is -2.46. The molecule has 0 bridgehead atoms. The van der Waals surface area contributed by atoms with Crippen molar-refractivity contribution in [3.8, 4) is 11.5 Å². The van der Waals surface area contributed by atoms with E-state index in [4.69, 9.17) is 9.47 Å². The largest absolute Gasteiger partial charge is 0.502 e. The molecule has 1 saturated heterocycles. The summed E-state index contributed by atoms with van der Waals surface area (Å²) < 4.78 is 25.5. The van der Waals surface area contributed by atoms with Gasteiger partial charge >= 0.3 is 0 Å². The maximum Gasteiger partial charge on any atom is 0.194 e. The number of hydrogen-bond acceptors (Lipinski definition) is 5. The summed E-state index contributed by atoms with van der Waals surface area (Å²) in [7, 11) is 1.41. The van der Waals surface area contributed by atoms with Crippen LogP contribution in [0.2, 0.25) is 0 Å². The Morgan fingerprint density at radius 1 is 1.33 bits per heavy atom. The SMILES string of the molecule is COc1cc2c(c(F)c1O)CCN1C[C@@H](OC(C)(C)C)[C@H](O)C[C@H]21. The van der Waals surface area contributed by atoms with Gasteiger partial charge in [-0.1, -0.05) is 0 Å². The highest BCUT2D eigenvalue weighted by Gasteiger charge is 2.41. The summed E-state index contributed by atoms with van der Waals surface area (Å²) in [5.74, 6) is -0.905. The summed E-state index contributed by atoms with van der Waals surface area (Å²) in [6, 6.07) is 1.61. The van der Waals surface area contributed by atoms with Crippen LogP contribution >= 0.6 is 0 Å². The summed E-state index contributed by atoms with van der Waals surface area (Å²) in [6.45, 7) is 7.20. The van der Waals surface area contributed by atoms with E-state index in [0.29, 0.717) is 31.5 Å². The molecule has 1 fully saturated rings. The van der Waals surface area contributed by atoms with Gasteiger partial charge in [0.15, 0.2) is 17.3 Å². The van der Waals surface area contributed by atoms with Gasteiger partial charge in [-0.05, 0) is 50.8 Å². The Morgan fingerprint density at radius 3 is 2.67 bits per heavy atom. The summed E-state index contributed by atoms with van der Waals surface area (Å²) >= 11 is 0. The standard InChI is InChI=1S/C18H26FNO4/c1-18(2,3)24-15-9-20-6-5-10-11(12(20)8-13(15)21)7-14(23-4)17(22)16(10)19/h7,12-13,15,21-22H,5-6,8-9H2,1-4H3/t12-,13-,15-/m1/s1. The molecule has 0 saturated carbocycles. The van der Waals surface area contributed by atoms with E-state index >= 15 is 0 Å². The Balaban J connectivity index is 1.90. The van der Waals surface area contributed by atoms with Gasteiger partial charge in [-0.25, -0.2) is 4.39 Å². The molecule has 0 aromatic heterocycles. The second kappa shape index (κ2) is 6.17. The molecule has 6 heteroatoms. The molecule has 2 N–H and O–H groups in total. The Labute approximate surface area is 142 Å². The number of aliphatic hydroxyl groups is 1. The van der Waals surface area contributed by atoms with Crippen LogP contribution in [-0.4, -0.2) is 53.1 Å². The molecule has 0 amide bonds. The van der Waals surface area contributed by atoms with E-state index in [-0.39, 0.29) is 23.5 Å². The molecule has 24 heavy (non-hydrogen) atoms. The van der Waals surface area contributed by atoms with E-state index < -0.39 is 17.7 Å². The minimum absolute atomic E-state index is 0.0902. The monoisotopic (exact) mass is 339 g/mol. The predicted molar refractivity (Wildman–Crippen MR) is 87.9 cm³/mol. The summed E-state index contributed by atoms with van der Waals surface area (Å²) in [5, 5.41) is 20.4. The van der Waals surface area contributed by atoms with Crippen LogP contribution in [0.15, 0.2) is 6.07 Å². The maximum absolute atomic E-state index is 14.5. The first-order valence-corrected chi connectivity index (χ1v) is 8.39. The topological polar surface area (TPSA) is 62.2 Å². The second-order valence-electron chi connectivity index (χ2n) is 7.64. The van der Waals surface area contributed by atoms with Gasteiger partial charge in [0.2, 0.25) is 0 Å². The fourth-order valence-electron chi connectivity index (χ4n) is 3.79. The van der Waals surface area contributed by atoms with Crippen molar-refractivity contribution >= 4 is 0 Å². The highest BCUT2D eigenvalue weighted by Crippen LogP contribution is 2.44. The predicted octanol–water partition coefficient (Wildman–Crippen LogP) is 2.39. The van der Waals surface area contributed by atoms with Gasteiger partial charge in [0.25, 0.3) is 0 Å². The summed E-state index contributed by atoms with van der Waals surface area (Å²) in [6.07, 6.45) is 0.125. The van der Waals surface area contributed by atoms with Gasteiger partial charge in [-0.3, -0.25) is 4.90 Å². The third kappa shape index (κ3) is 3.10. The number of rotatable bonds is 2. The van der Waals surface area contributed by atoms with Crippen LogP contribution in [0, 0.1) is 5.82 Å². The van der Waals surface area contributed by atoms with Crippen molar-refractivity contribution in [1.82, 2.24) is 4.90 Å². The molecule has 0 radical (unpaired) electrons. The lowest BCUT2D eigenvalue weighted by Crippen LogP contribution is -2.53. The number of aliphatic hydroxyl groups excluding tert-OH is 1. The van der Waals surface area contributed by atoms with Crippen molar-refractivity contribution in [2.75, 3.05) is 20.2 Å². The van der Waals surface area contributed by atoms with E-state index in [2.05, 4.69) is 4.90 Å². The maximum atomic E-state index is 14.5. The van der Waals surface area contributed by atoms with Gasteiger partial charge in [0.05, 0.1) is 24.9 Å². The normalized spacial score (nSPS) is 27.5. The third-order valence-corrected chi connectivity index (χ3v) is 4.82. The molecule has 134 valence electrons. The van der Waals surface area contributed by atoms with Crippen LogP contribution in [0.3, 0.4) is 0 Å². The van der Waals surface area contributed by atoms with Crippen molar-refractivity contribution in [1.29, 1.82) is 0 Å². The molecule has 2 aliphatic heterocycles. The minimum Gasteiger partial charge on any atom is -0.502 e. The van der Waals surface area contributed by atoms with Gasteiger partial charge in [-0.15, -0.1) is 0 Å². The van der Waals surface area contributed by atoms with Gasteiger partial charge in [0, 0.05) is 19.1 Å². The quantitative estimate of drug-likeness (QED) is 0.866. The van der Waals surface area contributed by atoms with Crippen molar-refractivity contribution in [2.24, 2.45) is 0 Å². The molecule has 3 atom stereocenters. The molecular weight excluding hydrogens is 313 g/mol. The smallest absolute Gasteiger partial charge is 0.194 e. The summed E-state index contributed by atoms with van der Waals surface area (Å²) in [5.41, 5.74) is 0.992. The van der Waals surface area contributed by atoms with Crippen molar-refractivity contribution in [2.45, 2.75) is 57.5 Å². The molecule has 1 aromatic carbocycles. The zero-order chi connectivity index (χ0) is 17.6. The molecule has 1 aromatic rings. The number of benzene rings is 1. The van der Waals surface area contributed by atoms with E-state index in [1.54, 1.807) is 6.07 Å². The number of methoxy groups -OCH3 is 1. The Hall–Kier alpha value is -1.37. The highest BCUT2D eigenvalue weighted by molar-refractivity contribution is 5.50. The highest BCUT2D eigenvalue weighted by atomic mass is 19.1. The molecule has 2 aliphatic rings.